The predicted molar refractivity (Wildman–Crippen MR) is 143 cm³/mol. The van der Waals surface area contributed by atoms with Gasteiger partial charge in [0.2, 0.25) is 0 Å². The molecule has 2 heterocycles. The normalized spacial score (nSPS) is 21.1. The number of carbonyl (C=O) groups is 1. The van der Waals surface area contributed by atoms with E-state index in [2.05, 4.69) is 11.1 Å². The molecule has 7 heteroatoms. The maximum absolute atomic E-state index is 14.8. The molecule has 1 spiro atoms. The van der Waals surface area contributed by atoms with Crippen LogP contribution in [-0.4, -0.2) is 36.4 Å². The molecule has 0 unspecified atom stereocenters. The van der Waals surface area contributed by atoms with Crippen LogP contribution in [-0.2, 0) is 12.0 Å². The molecule has 1 amide bonds. The van der Waals surface area contributed by atoms with E-state index in [0.717, 1.165) is 47.1 Å². The lowest BCUT2D eigenvalue weighted by Gasteiger charge is -2.51. The van der Waals surface area contributed by atoms with Gasteiger partial charge in [-0.25, -0.2) is 13.2 Å². The molecule has 0 saturated heterocycles. The number of para-hydroxylation sites is 2. The Morgan fingerprint density at radius 3 is 2.47 bits per heavy atom. The highest BCUT2D eigenvalue weighted by atomic mass is 19.1. The predicted octanol–water partition coefficient (Wildman–Crippen LogP) is 6.90. The Bertz CT molecular complexity index is 1530. The van der Waals surface area contributed by atoms with E-state index >= 15 is 0 Å². The minimum atomic E-state index is -0.850. The Morgan fingerprint density at radius 2 is 1.74 bits per heavy atom. The third-order valence-electron chi connectivity index (χ3n) is 8.51. The molecule has 0 radical (unpaired) electrons. The lowest BCUT2D eigenvalue weighted by Crippen LogP contribution is -2.55. The van der Waals surface area contributed by atoms with Gasteiger partial charge in [0.25, 0.3) is 5.91 Å². The van der Waals surface area contributed by atoms with Crippen LogP contribution < -0.4 is 4.90 Å². The molecule has 38 heavy (non-hydrogen) atoms. The number of nitrogens with zero attached hydrogens (tertiary/aromatic N) is 2. The summed E-state index contributed by atoms with van der Waals surface area (Å²) in [7, 11) is 3.70. The van der Waals surface area contributed by atoms with Gasteiger partial charge in [-0.1, -0.05) is 30.3 Å². The Balaban J connectivity index is 1.43. The van der Waals surface area contributed by atoms with Crippen molar-refractivity contribution in [3.05, 3.63) is 100 Å². The topological polar surface area (TPSA) is 39.3 Å². The second-order valence-corrected chi connectivity index (χ2v) is 10.7. The van der Waals surface area contributed by atoms with Crippen molar-refractivity contribution in [3.63, 3.8) is 0 Å². The summed E-state index contributed by atoms with van der Waals surface area (Å²) in [6, 6.07) is 16.5. The molecule has 1 aliphatic carbocycles. The van der Waals surface area contributed by atoms with Gasteiger partial charge in [-0.15, -0.1) is 0 Å². The monoisotopic (exact) mass is 517 g/mol. The smallest absolute Gasteiger partial charge is 0.257 e. The van der Waals surface area contributed by atoms with Gasteiger partial charge in [0, 0.05) is 43.3 Å². The average molecular weight is 518 g/mol. The van der Waals surface area contributed by atoms with E-state index in [0.29, 0.717) is 31.5 Å². The number of hydrogen-bond acceptors (Lipinski definition) is 2. The zero-order valence-electron chi connectivity index (χ0n) is 21.5. The van der Waals surface area contributed by atoms with Crippen molar-refractivity contribution in [2.24, 2.45) is 0 Å². The molecule has 4 aromatic rings. The van der Waals surface area contributed by atoms with Crippen LogP contribution in [0.1, 0.15) is 58.8 Å². The van der Waals surface area contributed by atoms with Crippen LogP contribution >= 0.6 is 0 Å². The summed E-state index contributed by atoms with van der Waals surface area (Å²) in [6.45, 7) is 0.443. The van der Waals surface area contributed by atoms with E-state index in [1.807, 2.05) is 43.3 Å². The summed E-state index contributed by atoms with van der Waals surface area (Å²) < 4.78 is 43.2. The van der Waals surface area contributed by atoms with Crippen LogP contribution in [0.3, 0.4) is 0 Å². The molecule has 0 bridgehead atoms. The van der Waals surface area contributed by atoms with Crippen LogP contribution in [0.2, 0.25) is 0 Å². The molecule has 2 aliphatic rings. The molecule has 1 aliphatic heterocycles. The summed E-state index contributed by atoms with van der Waals surface area (Å²) in [6.07, 6.45) is 3.43. The summed E-state index contributed by atoms with van der Waals surface area (Å²) in [5.74, 6) is -2.10. The highest BCUT2D eigenvalue weighted by Gasteiger charge is 2.49. The number of amides is 1. The molecule has 0 atom stereocenters. The molecule has 4 nitrogen and oxygen atoms in total. The zero-order valence-corrected chi connectivity index (χ0v) is 21.5. The maximum Gasteiger partial charge on any atom is 0.257 e. The number of rotatable bonds is 3. The van der Waals surface area contributed by atoms with Gasteiger partial charge in [-0.05, 0) is 73.4 Å². The first-order valence-corrected chi connectivity index (χ1v) is 13.1. The van der Waals surface area contributed by atoms with Crippen molar-refractivity contribution in [3.8, 4) is 0 Å². The Hall–Kier alpha value is -3.74. The molecule has 1 fully saturated rings. The fourth-order valence-corrected chi connectivity index (χ4v) is 6.79. The van der Waals surface area contributed by atoms with E-state index in [9.17, 15) is 18.0 Å². The molecule has 1 saturated carbocycles. The van der Waals surface area contributed by atoms with Crippen molar-refractivity contribution in [2.45, 2.75) is 43.6 Å². The van der Waals surface area contributed by atoms with Crippen molar-refractivity contribution in [1.82, 2.24) is 9.88 Å². The first kappa shape index (κ1) is 24.6. The number of anilines is 1. The Labute approximate surface area is 220 Å². The largest absolute Gasteiger partial charge is 0.375 e. The van der Waals surface area contributed by atoms with Gasteiger partial charge in [0.05, 0.1) is 16.8 Å². The summed E-state index contributed by atoms with van der Waals surface area (Å²) in [5.41, 5.74) is 4.01. The van der Waals surface area contributed by atoms with E-state index in [1.54, 1.807) is 11.0 Å². The standard InChI is InChI=1S/C31H30F3N3O/c1-36(2)28-21(7-5-8-25(28)33)19-12-15-31(16-13-19)29-23(22-6-3-4-9-27(22)35-29)14-17-37(31)30(38)24-11-10-20(32)18-26(24)34/h3-11,18-19,35H,12-17H2,1-2H3. The van der Waals surface area contributed by atoms with Crippen LogP contribution in [0.15, 0.2) is 60.7 Å². The first-order valence-electron chi connectivity index (χ1n) is 13.1. The molecule has 196 valence electrons. The summed E-state index contributed by atoms with van der Waals surface area (Å²) in [5, 5.41) is 1.14. The van der Waals surface area contributed by atoms with Gasteiger partial charge < -0.3 is 14.8 Å². The SMILES string of the molecule is CN(C)c1c(F)cccc1C1CCC2(CC1)c1[nH]c3ccccc3c1CCN2C(=O)c1ccc(F)cc1F. The number of hydrogen-bond donors (Lipinski definition) is 1. The van der Waals surface area contributed by atoms with Crippen LogP contribution in [0.25, 0.3) is 10.9 Å². The van der Waals surface area contributed by atoms with Gasteiger partial charge in [0.1, 0.15) is 17.5 Å². The number of aromatic nitrogens is 1. The summed E-state index contributed by atoms with van der Waals surface area (Å²) >= 11 is 0. The van der Waals surface area contributed by atoms with Crippen molar-refractivity contribution in [2.75, 3.05) is 25.5 Å². The zero-order chi connectivity index (χ0) is 26.6. The van der Waals surface area contributed by atoms with Crippen molar-refractivity contribution in [1.29, 1.82) is 0 Å². The number of halogens is 3. The minimum Gasteiger partial charge on any atom is -0.375 e. The maximum atomic E-state index is 14.8. The van der Waals surface area contributed by atoms with Crippen LogP contribution in [0, 0.1) is 17.5 Å². The molecular formula is C31H30F3N3O. The van der Waals surface area contributed by atoms with E-state index < -0.39 is 23.1 Å². The molecule has 1 N–H and O–H groups in total. The van der Waals surface area contributed by atoms with E-state index in [-0.39, 0.29) is 17.3 Å². The lowest BCUT2D eigenvalue weighted by molar-refractivity contribution is 0.0222. The van der Waals surface area contributed by atoms with Gasteiger partial charge in [0.15, 0.2) is 0 Å². The van der Waals surface area contributed by atoms with Crippen LogP contribution in [0.4, 0.5) is 18.9 Å². The first-order chi connectivity index (χ1) is 18.3. The second-order valence-electron chi connectivity index (χ2n) is 10.7. The quantitative estimate of drug-likeness (QED) is 0.321. The Kier molecular flexibility index (Phi) is 5.97. The van der Waals surface area contributed by atoms with Crippen molar-refractivity contribution >= 4 is 22.5 Å². The molecule has 6 rings (SSSR count). The minimum absolute atomic E-state index is 0.118. The van der Waals surface area contributed by atoms with E-state index in [1.165, 1.54) is 17.7 Å². The highest BCUT2D eigenvalue weighted by Crippen LogP contribution is 2.52. The molecular weight excluding hydrogens is 487 g/mol. The van der Waals surface area contributed by atoms with E-state index in [4.69, 9.17) is 0 Å². The third kappa shape index (κ3) is 3.79. The van der Waals surface area contributed by atoms with Gasteiger partial charge >= 0.3 is 0 Å². The Morgan fingerprint density at radius 1 is 0.974 bits per heavy atom. The molecule has 3 aromatic carbocycles. The lowest BCUT2D eigenvalue weighted by atomic mass is 9.69. The van der Waals surface area contributed by atoms with Crippen LogP contribution in [0.5, 0.6) is 0 Å². The van der Waals surface area contributed by atoms with Gasteiger partial charge in [-0.3, -0.25) is 4.79 Å². The number of fused-ring (bicyclic) bond motifs is 4. The van der Waals surface area contributed by atoms with Gasteiger partial charge in [-0.2, -0.15) is 0 Å². The molecule has 1 aromatic heterocycles. The number of H-pyrrole nitrogens is 1. The fraction of sp³-hybridized carbons (Fsp3) is 0.323. The highest BCUT2D eigenvalue weighted by molar-refractivity contribution is 5.96. The number of carbonyl (C=O) groups excluding carboxylic acids is 1. The average Bonchev–Trinajstić information content (AvgIpc) is 3.29. The third-order valence-corrected chi connectivity index (χ3v) is 8.51. The second kappa shape index (κ2) is 9.22. The number of nitrogens with one attached hydrogen (secondary N) is 1. The van der Waals surface area contributed by atoms with Crippen molar-refractivity contribution < 1.29 is 18.0 Å². The summed E-state index contributed by atoms with van der Waals surface area (Å²) in [4.78, 5) is 21.1. The number of benzene rings is 3. The number of aromatic amines is 1. The fourth-order valence-electron chi connectivity index (χ4n) is 6.79.